The van der Waals surface area contributed by atoms with Gasteiger partial charge in [0, 0.05) is 18.8 Å². The Morgan fingerprint density at radius 3 is 3.00 bits per heavy atom. The van der Waals surface area contributed by atoms with Gasteiger partial charge in [-0.05, 0) is 37.8 Å². The average molecular weight is 276 g/mol. The Labute approximate surface area is 120 Å². The minimum atomic E-state index is 0.143. The van der Waals surface area contributed by atoms with Crippen molar-refractivity contribution < 1.29 is 5.21 Å². The molecule has 0 saturated carbocycles. The molecule has 2 heterocycles. The molecule has 1 fully saturated rings. The third kappa shape index (κ3) is 2.86. The van der Waals surface area contributed by atoms with Crippen LogP contribution >= 0.6 is 0 Å². The van der Waals surface area contributed by atoms with Crippen LogP contribution in [-0.4, -0.2) is 28.6 Å². The van der Waals surface area contributed by atoms with Gasteiger partial charge < -0.3 is 15.8 Å². The number of oxime groups is 1. The Morgan fingerprint density at radius 2 is 2.30 bits per heavy atom. The molecule has 1 atom stereocenters. The van der Waals surface area contributed by atoms with Crippen LogP contribution in [0.4, 0.5) is 5.82 Å². The number of amidine groups is 1. The second-order valence-electron chi connectivity index (χ2n) is 5.42. The summed E-state index contributed by atoms with van der Waals surface area (Å²) in [6.45, 7) is 5.17. The van der Waals surface area contributed by atoms with Crippen molar-refractivity contribution in [2.45, 2.75) is 52.0 Å². The highest BCUT2D eigenvalue weighted by molar-refractivity contribution is 6.02. The minimum Gasteiger partial charge on any atom is -0.409 e. The Morgan fingerprint density at radius 1 is 1.50 bits per heavy atom. The molecule has 1 unspecified atom stereocenters. The zero-order valence-corrected chi connectivity index (χ0v) is 12.3. The fourth-order valence-corrected chi connectivity index (χ4v) is 3.01. The molecule has 1 aromatic heterocycles. The van der Waals surface area contributed by atoms with Crippen LogP contribution in [0.25, 0.3) is 0 Å². The van der Waals surface area contributed by atoms with E-state index in [0.29, 0.717) is 6.04 Å². The lowest BCUT2D eigenvalue weighted by atomic mass is 10.1. The van der Waals surface area contributed by atoms with E-state index in [-0.39, 0.29) is 5.84 Å². The molecule has 1 aliphatic heterocycles. The SMILES string of the molecule is CCC1CCCCCN1c1nccc(C)c1/C(N)=N/O. The first kappa shape index (κ1) is 14.6. The molecule has 5 nitrogen and oxygen atoms in total. The van der Waals surface area contributed by atoms with Gasteiger partial charge in [-0.15, -0.1) is 0 Å². The number of anilines is 1. The predicted molar refractivity (Wildman–Crippen MR) is 81.4 cm³/mol. The van der Waals surface area contributed by atoms with Gasteiger partial charge >= 0.3 is 0 Å². The number of hydrogen-bond acceptors (Lipinski definition) is 4. The summed E-state index contributed by atoms with van der Waals surface area (Å²) in [5, 5.41) is 12.2. The molecule has 110 valence electrons. The quantitative estimate of drug-likeness (QED) is 0.385. The molecule has 20 heavy (non-hydrogen) atoms. The normalized spacial score (nSPS) is 20.8. The van der Waals surface area contributed by atoms with Crippen molar-refractivity contribution in [3.8, 4) is 0 Å². The van der Waals surface area contributed by atoms with Crippen molar-refractivity contribution in [1.82, 2.24) is 4.98 Å². The predicted octanol–water partition coefficient (Wildman–Crippen LogP) is 2.64. The smallest absolute Gasteiger partial charge is 0.174 e. The first-order chi connectivity index (χ1) is 9.69. The van der Waals surface area contributed by atoms with Gasteiger partial charge in [0.05, 0.1) is 5.56 Å². The van der Waals surface area contributed by atoms with Crippen molar-refractivity contribution in [2.24, 2.45) is 10.9 Å². The van der Waals surface area contributed by atoms with Crippen LogP contribution in [0.15, 0.2) is 17.4 Å². The van der Waals surface area contributed by atoms with Crippen molar-refractivity contribution in [2.75, 3.05) is 11.4 Å². The number of aromatic nitrogens is 1. The summed E-state index contributed by atoms with van der Waals surface area (Å²) in [5.41, 5.74) is 7.61. The maximum absolute atomic E-state index is 9.03. The largest absolute Gasteiger partial charge is 0.409 e. The topological polar surface area (TPSA) is 74.7 Å². The number of hydrogen-bond donors (Lipinski definition) is 2. The van der Waals surface area contributed by atoms with Gasteiger partial charge in [0.1, 0.15) is 5.82 Å². The third-order valence-electron chi connectivity index (χ3n) is 4.12. The maximum atomic E-state index is 9.03. The van der Waals surface area contributed by atoms with E-state index in [1.807, 2.05) is 13.0 Å². The molecular formula is C15H24N4O. The van der Waals surface area contributed by atoms with Crippen LogP contribution in [-0.2, 0) is 0 Å². The summed E-state index contributed by atoms with van der Waals surface area (Å²) in [7, 11) is 0. The lowest BCUT2D eigenvalue weighted by Crippen LogP contribution is -2.37. The van der Waals surface area contributed by atoms with Gasteiger partial charge in [0.15, 0.2) is 5.84 Å². The van der Waals surface area contributed by atoms with Crippen molar-refractivity contribution in [3.05, 3.63) is 23.4 Å². The fourth-order valence-electron chi connectivity index (χ4n) is 3.01. The molecule has 5 heteroatoms. The first-order valence-electron chi connectivity index (χ1n) is 7.39. The van der Waals surface area contributed by atoms with Gasteiger partial charge in [-0.25, -0.2) is 4.98 Å². The number of aryl methyl sites for hydroxylation is 1. The van der Waals surface area contributed by atoms with E-state index in [2.05, 4.69) is 22.0 Å². The summed E-state index contributed by atoms with van der Waals surface area (Å²) in [6.07, 6.45) is 7.77. The third-order valence-corrected chi connectivity index (χ3v) is 4.12. The van der Waals surface area contributed by atoms with Crippen LogP contribution in [0, 0.1) is 6.92 Å². The van der Waals surface area contributed by atoms with Crippen LogP contribution in [0.2, 0.25) is 0 Å². The van der Waals surface area contributed by atoms with Crippen LogP contribution in [0.5, 0.6) is 0 Å². The van der Waals surface area contributed by atoms with Gasteiger partial charge in [0.2, 0.25) is 0 Å². The van der Waals surface area contributed by atoms with Gasteiger partial charge in [-0.3, -0.25) is 0 Å². The standard InChI is InChI=1S/C15H24N4O/c1-3-12-7-5-4-6-10-19(12)15-13(14(16)18-20)11(2)8-9-17-15/h8-9,12,20H,3-7,10H2,1-2H3,(H2,16,18). The van der Waals surface area contributed by atoms with E-state index in [4.69, 9.17) is 10.9 Å². The molecule has 0 radical (unpaired) electrons. The Kier molecular flexibility index (Phi) is 4.82. The van der Waals surface area contributed by atoms with Crippen molar-refractivity contribution in [3.63, 3.8) is 0 Å². The van der Waals surface area contributed by atoms with E-state index in [1.165, 1.54) is 25.7 Å². The summed E-state index contributed by atoms with van der Waals surface area (Å²) < 4.78 is 0. The minimum absolute atomic E-state index is 0.143. The van der Waals surface area contributed by atoms with Crippen LogP contribution < -0.4 is 10.6 Å². The molecule has 0 amide bonds. The molecule has 0 aliphatic carbocycles. The highest BCUT2D eigenvalue weighted by atomic mass is 16.4. The van der Waals surface area contributed by atoms with E-state index >= 15 is 0 Å². The van der Waals surface area contributed by atoms with Crippen molar-refractivity contribution >= 4 is 11.7 Å². The zero-order chi connectivity index (χ0) is 14.5. The molecule has 1 saturated heterocycles. The lowest BCUT2D eigenvalue weighted by molar-refractivity contribution is 0.318. The highest BCUT2D eigenvalue weighted by Crippen LogP contribution is 2.28. The summed E-state index contributed by atoms with van der Waals surface area (Å²) >= 11 is 0. The molecule has 0 bridgehead atoms. The van der Waals surface area contributed by atoms with E-state index in [9.17, 15) is 0 Å². The fraction of sp³-hybridized carbons (Fsp3) is 0.600. The van der Waals surface area contributed by atoms with Gasteiger partial charge in [0.25, 0.3) is 0 Å². The maximum Gasteiger partial charge on any atom is 0.174 e. The zero-order valence-electron chi connectivity index (χ0n) is 12.3. The Balaban J connectivity index is 2.47. The number of nitrogens with two attached hydrogens (primary N) is 1. The molecule has 1 aromatic rings. The van der Waals surface area contributed by atoms with Crippen molar-refractivity contribution in [1.29, 1.82) is 0 Å². The molecule has 3 N–H and O–H groups in total. The second kappa shape index (κ2) is 6.59. The molecule has 0 aromatic carbocycles. The van der Waals surface area contributed by atoms with E-state index in [1.54, 1.807) is 6.20 Å². The van der Waals surface area contributed by atoms with E-state index in [0.717, 1.165) is 29.9 Å². The highest BCUT2D eigenvalue weighted by Gasteiger charge is 2.24. The van der Waals surface area contributed by atoms with E-state index < -0.39 is 0 Å². The number of pyridine rings is 1. The molecular weight excluding hydrogens is 252 g/mol. The molecule has 2 rings (SSSR count). The summed E-state index contributed by atoms with van der Waals surface area (Å²) in [5.74, 6) is 0.999. The first-order valence-corrected chi connectivity index (χ1v) is 7.39. The summed E-state index contributed by atoms with van der Waals surface area (Å²) in [4.78, 5) is 6.87. The van der Waals surface area contributed by atoms with Crippen LogP contribution in [0.1, 0.15) is 50.2 Å². The molecule has 1 aliphatic rings. The van der Waals surface area contributed by atoms with Crippen LogP contribution in [0.3, 0.4) is 0 Å². The van der Waals surface area contributed by atoms with Gasteiger partial charge in [-0.1, -0.05) is 24.9 Å². The molecule has 0 spiro atoms. The average Bonchev–Trinajstić information content (AvgIpc) is 2.71. The number of nitrogens with zero attached hydrogens (tertiary/aromatic N) is 3. The second-order valence-corrected chi connectivity index (χ2v) is 5.42. The number of rotatable bonds is 3. The lowest BCUT2D eigenvalue weighted by Gasteiger charge is -2.32. The Hall–Kier alpha value is -1.78. The monoisotopic (exact) mass is 276 g/mol. The Bertz CT molecular complexity index is 487. The summed E-state index contributed by atoms with van der Waals surface area (Å²) in [6, 6.07) is 2.38. The van der Waals surface area contributed by atoms with Gasteiger partial charge in [-0.2, -0.15) is 0 Å².